The average Bonchev–Trinajstić information content (AvgIpc) is 2.58. The van der Waals surface area contributed by atoms with Gasteiger partial charge in [-0.2, -0.15) is 0 Å². The Balaban J connectivity index is 1.86. The number of piperazine rings is 1. The van der Waals surface area contributed by atoms with Crippen molar-refractivity contribution in [2.75, 3.05) is 26.2 Å². The lowest BCUT2D eigenvalue weighted by molar-refractivity contribution is -0.0182. The van der Waals surface area contributed by atoms with Crippen molar-refractivity contribution >= 4 is 11.6 Å². The van der Waals surface area contributed by atoms with Crippen LogP contribution < -0.4 is 0 Å². The van der Waals surface area contributed by atoms with E-state index in [9.17, 15) is 5.11 Å². The third kappa shape index (κ3) is 3.93. The van der Waals surface area contributed by atoms with Crippen LogP contribution in [0.4, 0.5) is 0 Å². The molecule has 0 radical (unpaired) electrons. The molecule has 0 aliphatic carbocycles. The molecule has 2 atom stereocenters. The van der Waals surface area contributed by atoms with Gasteiger partial charge < -0.3 is 5.11 Å². The molecule has 0 amide bonds. The Bertz CT molecular complexity index is 607. The van der Waals surface area contributed by atoms with E-state index in [1.54, 1.807) is 0 Å². The highest BCUT2D eigenvalue weighted by Gasteiger charge is 2.27. The molecule has 122 valence electrons. The molecule has 2 aromatic carbocycles. The molecular formula is C19H23ClN2O. The summed E-state index contributed by atoms with van der Waals surface area (Å²) in [7, 11) is 0. The van der Waals surface area contributed by atoms with Gasteiger partial charge in [0.1, 0.15) is 6.23 Å². The van der Waals surface area contributed by atoms with Gasteiger partial charge in [-0.3, -0.25) is 9.80 Å². The number of aliphatic hydroxyl groups excluding tert-OH is 1. The van der Waals surface area contributed by atoms with Crippen LogP contribution in [0.2, 0.25) is 5.02 Å². The fraction of sp³-hybridized carbons (Fsp3) is 0.368. The van der Waals surface area contributed by atoms with E-state index in [-0.39, 0.29) is 12.3 Å². The first kappa shape index (κ1) is 16.5. The van der Waals surface area contributed by atoms with Crippen LogP contribution in [0.1, 0.15) is 24.1 Å². The molecule has 1 saturated heterocycles. The molecule has 1 N–H and O–H groups in total. The summed E-state index contributed by atoms with van der Waals surface area (Å²) >= 11 is 6.05. The van der Waals surface area contributed by atoms with Crippen molar-refractivity contribution in [2.45, 2.75) is 19.2 Å². The Kier molecular flexibility index (Phi) is 5.34. The first-order valence-electron chi connectivity index (χ1n) is 8.12. The first-order valence-corrected chi connectivity index (χ1v) is 8.49. The Morgan fingerprint density at radius 3 is 1.91 bits per heavy atom. The average molecular weight is 331 g/mol. The van der Waals surface area contributed by atoms with Crippen LogP contribution in [0.5, 0.6) is 0 Å². The van der Waals surface area contributed by atoms with Gasteiger partial charge in [-0.1, -0.05) is 54.1 Å². The normalized spacial score (nSPS) is 19.4. The molecule has 3 nitrogen and oxygen atoms in total. The van der Waals surface area contributed by atoms with Crippen molar-refractivity contribution in [2.24, 2.45) is 0 Å². The second-order valence-electron chi connectivity index (χ2n) is 6.07. The Labute approximate surface area is 143 Å². The molecule has 1 unspecified atom stereocenters. The van der Waals surface area contributed by atoms with Crippen LogP contribution in [0, 0.1) is 0 Å². The van der Waals surface area contributed by atoms with E-state index in [0.717, 1.165) is 31.2 Å². The zero-order valence-corrected chi connectivity index (χ0v) is 14.2. The van der Waals surface area contributed by atoms with E-state index in [1.807, 2.05) is 25.1 Å². The minimum atomic E-state index is -0.372. The molecular weight excluding hydrogens is 308 g/mol. The zero-order valence-electron chi connectivity index (χ0n) is 13.4. The third-order valence-electron chi connectivity index (χ3n) is 4.54. The SMILES string of the molecule is C[C@H](O)N1CCN(C(c2ccccc2)c2ccc(Cl)cc2)CC1. The lowest BCUT2D eigenvalue weighted by Gasteiger charge is -2.40. The van der Waals surface area contributed by atoms with Crippen LogP contribution in [0.25, 0.3) is 0 Å². The summed E-state index contributed by atoms with van der Waals surface area (Å²) in [5.41, 5.74) is 2.55. The predicted molar refractivity (Wildman–Crippen MR) is 94.6 cm³/mol. The number of rotatable bonds is 4. The highest BCUT2D eigenvalue weighted by Crippen LogP contribution is 2.30. The van der Waals surface area contributed by atoms with E-state index < -0.39 is 0 Å². The van der Waals surface area contributed by atoms with Crippen molar-refractivity contribution < 1.29 is 5.11 Å². The maximum atomic E-state index is 9.76. The van der Waals surface area contributed by atoms with Crippen molar-refractivity contribution in [1.82, 2.24) is 9.80 Å². The lowest BCUT2D eigenvalue weighted by atomic mass is 9.96. The van der Waals surface area contributed by atoms with Gasteiger partial charge in [-0.15, -0.1) is 0 Å². The minimum absolute atomic E-state index is 0.226. The summed E-state index contributed by atoms with van der Waals surface area (Å²) in [5.74, 6) is 0. The van der Waals surface area contributed by atoms with E-state index in [4.69, 9.17) is 11.6 Å². The zero-order chi connectivity index (χ0) is 16.2. The number of nitrogens with zero attached hydrogens (tertiary/aromatic N) is 2. The van der Waals surface area contributed by atoms with Gasteiger partial charge in [0.2, 0.25) is 0 Å². The van der Waals surface area contributed by atoms with Crippen LogP contribution in [0.3, 0.4) is 0 Å². The van der Waals surface area contributed by atoms with E-state index in [1.165, 1.54) is 11.1 Å². The van der Waals surface area contributed by atoms with Crippen molar-refractivity contribution in [3.63, 3.8) is 0 Å². The third-order valence-corrected chi connectivity index (χ3v) is 4.80. The summed E-state index contributed by atoms with van der Waals surface area (Å²) in [6, 6.07) is 19.0. The van der Waals surface area contributed by atoms with Gasteiger partial charge in [0.15, 0.2) is 0 Å². The minimum Gasteiger partial charge on any atom is -0.379 e. The van der Waals surface area contributed by atoms with Gasteiger partial charge in [-0.25, -0.2) is 0 Å². The number of hydrogen-bond donors (Lipinski definition) is 1. The highest BCUT2D eigenvalue weighted by atomic mass is 35.5. The smallest absolute Gasteiger partial charge is 0.104 e. The van der Waals surface area contributed by atoms with E-state index >= 15 is 0 Å². The van der Waals surface area contributed by atoms with Gasteiger partial charge in [-0.05, 0) is 30.2 Å². The summed E-state index contributed by atoms with van der Waals surface area (Å²) < 4.78 is 0. The van der Waals surface area contributed by atoms with Crippen LogP contribution >= 0.6 is 11.6 Å². The Morgan fingerprint density at radius 2 is 1.35 bits per heavy atom. The van der Waals surface area contributed by atoms with Crippen molar-refractivity contribution in [1.29, 1.82) is 0 Å². The van der Waals surface area contributed by atoms with Crippen LogP contribution in [-0.2, 0) is 0 Å². The Morgan fingerprint density at radius 1 is 0.826 bits per heavy atom. The molecule has 0 bridgehead atoms. The van der Waals surface area contributed by atoms with E-state index in [0.29, 0.717) is 0 Å². The summed E-state index contributed by atoms with van der Waals surface area (Å²) in [5, 5.41) is 10.5. The summed E-state index contributed by atoms with van der Waals surface area (Å²) in [6.45, 7) is 5.48. The van der Waals surface area contributed by atoms with Gasteiger partial charge in [0.25, 0.3) is 0 Å². The standard InChI is InChI=1S/C19H23ClN2O/c1-15(23)21-11-13-22(14-12-21)19(16-5-3-2-4-6-16)17-7-9-18(20)10-8-17/h2-10,15,19,23H,11-14H2,1H3/t15-,19?/m0/s1. The number of benzene rings is 2. The monoisotopic (exact) mass is 330 g/mol. The molecule has 1 aliphatic rings. The molecule has 1 heterocycles. The van der Waals surface area contributed by atoms with E-state index in [2.05, 4.69) is 46.2 Å². The highest BCUT2D eigenvalue weighted by molar-refractivity contribution is 6.30. The fourth-order valence-corrected chi connectivity index (χ4v) is 3.39. The largest absolute Gasteiger partial charge is 0.379 e. The van der Waals surface area contributed by atoms with Gasteiger partial charge in [0.05, 0.1) is 6.04 Å². The number of hydrogen-bond acceptors (Lipinski definition) is 3. The number of halogens is 1. The lowest BCUT2D eigenvalue weighted by Crippen LogP contribution is -2.50. The molecule has 1 fully saturated rings. The second-order valence-corrected chi connectivity index (χ2v) is 6.51. The molecule has 0 aromatic heterocycles. The fourth-order valence-electron chi connectivity index (χ4n) is 3.26. The quantitative estimate of drug-likeness (QED) is 0.931. The number of aliphatic hydroxyl groups is 1. The molecule has 23 heavy (non-hydrogen) atoms. The predicted octanol–water partition coefficient (Wildman–Crippen LogP) is 3.39. The van der Waals surface area contributed by atoms with Crippen LogP contribution in [-0.4, -0.2) is 47.3 Å². The molecule has 4 heteroatoms. The first-order chi connectivity index (χ1) is 11.1. The molecule has 0 spiro atoms. The van der Waals surface area contributed by atoms with Crippen molar-refractivity contribution in [3.05, 3.63) is 70.7 Å². The van der Waals surface area contributed by atoms with Gasteiger partial charge >= 0.3 is 0 Å². The Hall–Kier alpha value is -1.39. The maximum Gasteiger partial charge on any atom is 0.104 e. The second kappa shape index (κ2) is 7.45. The van der Waals surface area contributed by atoms with Crippen molar-refractivity contribution in [3.8, 4) is 0 Å². The van der Waals surface area contributed by atoms with Crippen LogP contribution in [0.15, 0.2) is 54.6 Å². The topological polar surface area (TPSA) is 26.7 Å². The maximum absolute atomic E-state index is 9.76. The van der Waals surface area contributed by atoms with Gasteiger partial charge in [0, 0.05) is 31.2 Å². The summed E-state index contributed by atoms with van der Waals surface area (Å²) in [4.78, 5) is 4.60. The molecule has 2 aromatic rings. The molecule has 1 aliphatic heterocycles. The molecule has 3 rings (SSSR count). The summed E-state index contributed by atoms with van der Waals surface area (Å²) in [6.07, 6.45) is -0.372. The molecule has 0 saturated carbocycles.